The number of H-pyrrole nitrogens is 1. The summed E-state index contributed by atoms with van der Waals surface area (Å²) in [5, 5.41) is 9.63. The molecule has 9 nitrogen and oxygen atoms in total. The third kappa shape index (κ3) is 5.32. The van der Waals surface area contributed by atoms with E-state index < -0.39 is 0 Å². The van der Waals surface area contributed by atoms with Crippen LogP contribution in [0.2, 0.25) is 0 Å². The first-order valence-corrected chi connectivity index (χ1v) is 11.5. The summed E-state index contributed by atoms with van der Waals surface area (Å²) >= 11 is 0. The summed E-state index contributed by atoms with van der Waals surface area (Å²) in [6.07, 6.45) is 3.68. The molecule has 1 aliphatic heterocycles. The van der Waals surface area contributed by atoms with Crippen LogP contribution >= 0.6 is 0 Å². The van der Waals surface area contributed by atoms with Gasteiger partial charge in [0.25, 0.3) is 0 Å². The number of amides is 1. The van der Waals surface area contributed by atoms with Gasteiger partial charge in [-0.2, -0.15) is 9.97 Å². The molecule has 3 heterocycles. The van der Waals surface area contributed by atoms with Crippen LogP contribution in [-0.4, -0.2) is 49.9 Å². The van der Waals surface area contributed by atoms with Gasteiger partial charge in [-0.1, -0.05) is 30.3 Å². The molecule has 0 radical (unpaired) electrons. The van der Waals surface area contributed by atoms with E-state index in [-0.39, 0.29) is 5.91 Å². The van der Waals surface area contributed by atoms with E-state index in [0.29, 0.717) is 23.5 Å². The number of anilines is 4. The number of hydrogen-bond donors (Lipinski definition) is 4. The Kier molecular flexibility index (Phi) is 6.35. The molecule has 1 aliphatic rings. The van der Waals surface area contributed by atoms with Crippen LogP contribution in [0.5, 0.6) is 0 Å². The van der Waals surface area contributed by atoms with Crippen molar-refractivity contribution in [1.82, 2.24) is 24.8 Å². The monoisotopic (exact) mass is 456 g/mol. The van der Waals surface area contributed by atoms with Crippen molar-refractivity contribution >= 4 is 40.2 Å². The summed E-state index contributed by atoms with van der Waals surface area (Å²) in [4.78, 5) is 30.5. The summed E-state index contributed by atoms with van der Waals surface area (Å²) < 4.78 is 0. The SMILES string of the molecule is CC(=O)Nc1ccc(Nc2nc(NC3CCN(Cc4ccccc4)CC3)nc3nc[nH]c23)cc1. The normalized spacial score (nSPS) is 14.7. The molecule has 9 heteroatoms. The largest absolute Gasteiger partial charge is 0.351 e. The third-order valence-electron chi connectivity index (χ3n) is 5.92. The fraction of sp³-hybridized carbons (Fsp3) is 0.280. The zero-order chi connectivity index (χ0) is 23.3. The first-order chi connectivity index (χ1) is 16.6. The van der Waals surface area contributed by atoms with Gasteiger partial charge in [0.1, 0.15) is 5.52 Å². The summed E-state index contributed by atoms with van der Waals surface area (Å²) in [5.74, 6) is 1.12. The Bertz CT molecular complexity index is 1250. The molecule has 0 unspecified atom stereocenters. The summed E-state index contributed by atoms with van der Waals surface area (Å²) in [6, 6.07) is 18.4. The predicted molar refractivity (Wildman–Crippen MR) is 134 cm³/mol. The van der Waals surface area contributed by atoms with E-state index in [4.69, 9.17) is 4.98 Å². The Morgan fingerprint density at radius 2 is 1.76 bits per heavy atom. The number of imidazole rings is 1. The van der Waals surface area contributed by atoms with Gasteiger partial charge in [-0.05, 0) is 42.7 Å². The Morgan fingerprint density at radius 3 is 2.50 bits per heavy atom. The molecule has 2 aromatic heterocycles. The molecule has 174 valence electrons. The fourth-order valence-electron chi connectivity index (χ4n) is 4.22. The third-order valence-corrected chi connectivity index (χ3v) is 5.92. The highest BCUT2D eigenvalue weighted by Crippen LogP contribution is 2.25. The summed E-state index contributed by atoms with van der Waals surface area (Å²) in [7, 11) is 0. The van der Waals surface area contributed by atoms with Gasteiger partial charge < -0.3 is 20.9 Å². The molecular weight excluding hydrogens is 428 g/mol. The van der Waals surface area contributed by atoms with E-state index in [2.05, 4.69) is 66.1 Å². The quantitative estimate of drug-likeness (QED) is 0.331. The molecular formula is C25H28N8O. The molecule has 1 fully saturated rings. The van der Waals surface area contributed by atoms with Crippen LogP contribution in [0.3, 0.4) is 0 Å². The van der Waals surface area contributed by atoms with Gasteiger partial charge in [0.05, 0.1) is 6.33 Å². The number of carbonyl (C=O) groups is 1. The minimum atomic E-state index is -0.0997. The second-order valence-electron chi connectivity index (χ2n) is 8.56. The number of benzene rings is 2. The van der Waals surface area contributed by atoms with Gasteiger partial charge in [-0.15, -0.1) is 0 Å². The molecule has 5 rings (SSSR count). The molecule has 1 saturated heterocycles. The zero-order valence-electron chi connectivity index (χ0n) is 19.1. The molecule has 4 N–H and O–H groups in total. The number of nitrogens with one attached hydrogen (secondary N) is 4. The Labute approximate surface area is 198 Å². The van der Waals surface area contributed by atoms with E-state index in [9.17, 15) is 4.79 Å². The maximum Gasteiger partial charge on any atom is 0.227 e. The van der Waals surface area contributed by atoms with Gasteiger partial charge in [0.2, 0.25) is 11.9 Å². The van der Waals surface area contributed by atoms with Crippen LogP contribution in [0.15, 0.2) is 60.9 Å². The second kappa shape index (κ2) is 9.88. The molecule has 0 spiro atoms. The smallest absolute Gasteiger partial charge is 0.227 e. The number of rotatable bonds is 7. The Morgan fingerprint density at radius 1 is 1.03 bits per heavy atom. The number of carbonyl (C=O) groups excluding carboxylic acids is 1. The first kappa shape index (κ1) is 21.8. The fourth-order valence-corrected chi connectivity index (χ4v) is 4.22. The minimum absolute atomic E-state index is 0.0997. The van der Waals surface area contributed by atoms with Gasteiger partial charge in [-0.25, -0.2) is 4.98 Å². The van der Waals surface area contributed by atoms with Crippen molar-refractivity contribution in [2.24, 2.45) is 0 Å². The molecule has 34 heavy (non-hydrogen) atoms. The van der Waals surface area contributed by atoms with Crippen molar-refractivity contribution in [3.8, 4) is 0 Å². The van der Waals surface area contributed by atoms with Crippen LogP contribution < -0.4 is 16.0 Å². The van der Waals surface area contributed by atoms with Crippen LogP contribution in [0, 0.1) is 0 Å². The first-order valence-electron chi connectivity index (χ1n) is 11.5. The van der Waals surface area contributed by atoms with Crippen LogP contribution in [0.25, 0.3) is 11.2 Å². The predicted octanol–water partition coefficient (Wildman–Crippen LogP) is 4.13. The van der Waals surface area contributed by atoms with Crippen molar-refractivity contribution in [2.75, 3.05) is 29.0 Å². The van der Waals surface area contributed by atoms with Crippen molar-refractivity contribution in [1.29, 1.82) is 0 Å². The molecule has 4 aromatic rings. The molecule has 1 amide bonds. The Balaban J connectivity index is 1.24. The zero-order valence-corrected chi connectivity index (χ0v) is 19.1. The van der Waals surface area contributed by atoms with Crippen LogP contribution in [-0.2, 0) is 11.3 Å². The standard InChI is InChI=1S/C25H28N8O/c1-17(34)28-19-7-9-20(10-8-19)29-24-22-23(27-16-26-22)31-25(32-24)30-21-11-13-33(14-12-21)15-18-5-3-2-4-6-18/h2-10,16,21H,11-15H2,1H3,(H,28,34)(H3,26,27,29,30,31,32). The number of piperidine rings is 1. The lowest BCUT2D eigenvalue weighted by atomic mass is 10.0. The molecule has 0 atom stereocenters. The maximum absolute atomic E-state index is 11.2. The highest BCUT2D eigenvalue weighted by molar-refractivity contribution is 5.89. The summed E-state index contributed by atoms with van der Waals surface area (Å²) in [5.41, 5.74) is 4.30. The number of aromatic nitrogens is 4. The number of likely N-dealkylation sites (tertiary alicyclic amines) is 1. The number of hydrogen-bond acceptors (Lipinski definition) is 7. The van der Waals surface area contributed by atoms with E-state index in [1.807, 2.05) is 24.3 Å². The van der Waals surface area contributed by atoms with Crippen LogP contribution in [0.1, 0.15) is 25.3 Å². The number of aromatic amines is 1. The van der Waals surface area contributed by atoms with Gasteiger partial charge in [0, 0.05) is 44.0 Å². The highest BCUT2D eigenvalue weighted by atomic mass is 16.1. The second-order valence-corrected chi connectivity index (χ2v) is 8.56. The Hall–Kier alpha value is -3.98. The molecule has 0 bridgehead atoms. The van der Waals surface area contributed by atoms with E-state index >= 15 is 0 Å². The van der Waals surface area contributed by atoms with Gasteiger partial charge in [0.15, 0.2) is 11.5 Å². The molecule has 2 aromatic carbocycles. The van der Waals surface area contributed by atoms with E-state index in [1.165, 1.54) is 12.5 Å². The lowest BCUT2D eigenvalue weighted by Gasteiger charge is -2.32. The molecule has 0 saturated carbocycles. The van der Waals surface area contributed by atoms with E-state index in [0.717, 1.165) is 49.4 Å². The van der Waals surface area contributed by atoms with Gasteiger partial charge >= 0.3 is 0 Å². The average molecular weight is 457 g/mol. The van der Waals surface area contributed by atoms with Crippen LogP contribution in [0.4, 0.5) is 23.1 Å². The number of nitrogens with zero attached hydrogens (tertiary/aromatic N) is 4. The lowest BCUT2D eigenvalue weighted by molar-refractivity contribution is -0.114. The summed E-state index contributed by atoms with van der Waals surface area (Å²) in [6.45, 7) is 4.54. The van der Waals surface area contributed by atoms with Crippen molar-refractivity contribution in [2.45, 2.75) is 32.4 Å². The van der Waals surface area contributed by atoms with Crippen molar-refractivity contribution in [3.05, 3.63) is 66.5 Å². The maximum atomic E-state index is 11.2. The minimum Gasteiger partial charge on any atom is -0.351 e. The van der Waals surface area contributed by atoms with Crippen molar-refractivity contribution in [3.63, 3.8) is 0 Å². The van der Waals surface area contributed by atoms with E-state index in [1.54, 1.807) is 6.33 Å². The molecule has 0 aliphatic carbocycles. The highest BCUT2D eigenvalue weighted by Gasteiger charge is 2.21. The average Bonchev–Trinajstić information content (AvgIpc) is 3.31. The van der Waals surface area contributed by atoms with Crippen molar-refractivity contribution < 1.29 is 4.79 Å². The lowest BCUT2D eigenvalue weighted by Crippen LogP contribution is -2.39. The number of fused-ring (bicyclic) bond motifs is 1. The topological polar surface area (TPSA) is 111 Å². The van der Waals surface area contributed by atoms with Gasteiger partial charge in [-0.3, -0.25) is 9.69 Å².